The normalized spacial score (nSPS) is 10.5. The SMILES string of the molecule is CNCc1nnc(NCc2ccoc2)o1. The van der Waals surface area contributed by atoms with Crippen LogP contribution in [-0.4, -0.2) is 17.2 Å². The standard InChI is InChI=1S/C9H12N4O2/c1-10-5-8-12-13-9(15-8)11-4-7-2-3-14-6-7/h2-3,6,10H,4-5H2,1H3,(H,11,13). The fourth-order valence-corrected chi connectivity index (χ4v) is 1.12. The zero-order valence-electron chi connectivity index (χ0n) is 8.36. The zero-order chi connectivity index (χ0) is 10.5. The third-order valence-electron chi connectivity index (χ3n) is 1.82. The molecule has 0 saturated heterocycles. The van der Waals surface area contributed by atoms with E-state index in [-0.39, 0.29) is 0 Å². The highest BCUT2D eigenvalue weighted by Gasteiger charge is 2.04. The average molecular weight is 208 g/mol. The van der Waals surface area contributed by atoms with Crippen molar-refractivity contribution in [3.05, 3.63) is 30.0 Å². The number of nitrogens with zero attached hydrogens (tertiary/aromatic N) is 2. The summed E-state index contributed by atoms with van der Waals surface area (Å²) in [4.78, 5) is 0. The molecule has 0 aliphatic heterocycles. The fourth-order valence-electron chi connectivity index (χ4n) is 1.12. The maximum Gasteiger partial charge on any atom is 0.315 e. The van der Waals surface area contributed by atoms with Gasteiger partial charge in [0, 0.05) is 12.1 Å². The monoisotopic (exact) mass is 208 g/mol. The lowest BCUT2D eigenvalue weighted by Gasteiger charge is -1.96. The van der Waals surface area contributed by atoms with Crippen LogP contribution in [0, 0.1) is 0 Å². The van der Waals surface area contributed by atoms with Gasteiger partial charge in [-0.2, -0.15) is 0 Å². The van der Waals surface area contributed by atoms with Gasteiger partial charge in [-0.3, -0.25) is 0 Å². The molecule has 0 amide bonds. The molecule has 6 heteroatoms. The average Bonchev–Trinajstić information content (AvgIpc) is 2.85. The summed E-state index contributed by atoms with van der Waals surface area (Å²) in [7, 11) is 1.82. The number of rotatable bonds is 5. The molecule has 0 fully saturated rings. The topological polar surface area (TPSA) is 76.1 Å². The van der Waals surface area contributed by atoms with E-state index in [4.69, 9.17) is 8.83 Å². The van der Waals surface area contributed by atoms with Crippen molar-refractivity contribution in [2.75, 3.05) is 12.4 Å². The van der Waals surface area contributed by atoms with E-state index in [1.54, 1.807) is 12.5 Å². The highest BCUT2D eigenvalue weighted by Crippen LogP contribution is 2.07. The van der Waals surface area contributed by atoms with Gasteiger partial charge in [0.05, 0.1) is 19.1 Å². The fraction of sp³-hybridized carbons (Fsp3) is 0.333. The lowest BCUT2D eigenvalue weighted by atomic mass is 10.3. The van der Waals surface area contributed by atoms with Crippen molar-refractivity contribution >= 4 is 6.01 Å². The lowest BCUT2D eigenvalue weighted by Crippen LogP contribution is -2.04. The molecule has 0 saturated carbocycles. The van der Waals surface area contributed by atoms with Gasteiger partial charge >= 0.3 is 6.01 Å². The molecule has 2 rings (SSSR count). The predicted molar refractivity (Wildman–Crippen MR) is 53.1 cm³/mol. The quantitative estimate of drug-likeness (QED) is 0.763. The smallest absolute Gasteiger partial charge is 0.315 e. The Morgan fingerprint density at radius 1 is 1.33 bits per heavy atom. The summed E-state index contributed by atoms with van der Waals surface area (Å²) in [6, 6.07) is 2.29. The van der Waals surface area contributed by atoms with Crippen LogP contribution in [0.25, 0.3) is 0 Å². The maximum absolute atomic E-state index is 5.30. The van der Waals surface area contributed by atoms with Gasteiger partial charge in [0.15, 0.2) is 0 Å². The van der Waals surface area contributed by atoms with Crippen LogP contribution >= 0.6 is 0 Å². The summed E-state index contributed by atoms with van der Waals surface area (Å²) in [6.07, 6.45) is 3.29. The molecule has 80 valence electrons. The van der Waals surface area contributed by atoms with E-state index in [0.29, 0.717) is 25.0 Å². The van der Waals surface area contributed by atoms with Gasteiger partial charge in [-0.05, 0) is 13.1 Å². The second kappa shape index (κ2) is 4.61. The number of hydrogen-bond acceptors (Lipinski definition) is 6. The van der Waals surface area contributed by atoms with Crippen molar-refractivity contribution in [2.45, 2.75) is 13.1 Å². The van der Waals surface area contributed by atoms with Crippen LogP contribution in [0.15, 0.2) is 27.4 Å². The molecule has 0 aromatic carbocycles. The molecule has 0 spiro atoms. The van der Waals surface area contributed by atoms with Crippen LogP contribution in [0.3, 0.4) is 0 Å². The number of aromatic nitrogens is 2. The Balaban J connectivity index is 1.88. The van der Waals surface area contributed by atoms with Gasteiger partial charge in [0.25, 0.3) is 0 Å². The highest BCUT2D eigenvalue weighted by molar-refractivity contribution is 5.20. The summed E-state index contributed by atoms with van der Waals surface area (Å²) >= 11 is 0. The van der Waals surface area contributed by atoms with Crippen LogP contribution in [0.2, 0.25) is 0 Å². The number of furan rings is 1. The Kier molecular flexibility index (Phi) is 2.99. The van der Waals surface area contributed by atoms with Gasteiger partial charge < -0.3 is 19.5 Å². The van der Waals surface area contributed by atoms with Crippen LogP contribution < -0.4 is 10.6 Å². The minimum Gasteiger partial charge on any atom is -0.472 e. The van der Waals surface area contributed by atoms with Crippen LogP contribution in [0.4, 0.5) is 6.01 Å². The number of anilines is 1. The summed E-state index contributed by atoms with van der Waals surface area (Å²) in [5.41, 5.74) is 1.03. The molecule has 6 nitrogen and oxygen atoms in total. The van der Waals surface area contributed by atoms with E-state index in [2.05, 4.69) is 20.8 Å². The van der Waals surface area contributed by atoms with E-state index < -0.39 is 0 Å². The third-order valence-corrected chi connectivity index (χ3v) is 1.82. The Morgan fingerprint density at radius 3 is 3.00 bits per heavy atom. The van der Waals surface area contributed by atoms with Gasteiger partial charge in [-0.25, -0.2) is 0 Å². The molecule has 0 atom stereocenters. The molecule has 2 aromatic heterocycles. The van der Waals surface area contributed by atoms with Crippen LogP contribution in [-0.2, 0) is 13.1 Å². The van der Waals surface area contributed by atoms with Gasteiger partial charge in [0.1, 0.15) is 0 Å². The van der Waals surface area contributed by atoms with E-state index in [1.165, 1.54) is 0 Å². The molecule has 2 aromatic rings. The van der Waals surface area contributed by atoms with E-state index in [0.717, 1.165) is 5.56 Å². The molecule has 15 heavy (non-hydrogen) atoms. The van der Waals surface area contributed by atoms with Gasteiger partial charge in [0.2, 0.25) is 5.89 Å². The molecule has 0 bridgehead atoms. The Hall–Kier alpha value is -1.82. The molecule has 0 aliphatic carbocycles. The summed E-state index contributed by atoms with van der Waals surface area (Å²) in [6.45, 7) is 1.18. The first kappa shape index (κ1) is 9.72. The largest absolute Gasteiger partial charge is 0.472 e. The second-order valence-electron chi connectivity index (χ2n) is 3.02. The minimum absolute atomic E-state index is 0.418. The number of nitrogens with one attached hydrogen (secondary N) is 2. The first-order valence-electron chi connectivity index (χ1n) is 4.60. The Bertz CT molecular complexity index is 396. The Labute approximate surface area is 86.7 Å². The highest BCUT2D eigenvalue weighted by atomic mass is 16.4. The lowest BCUT2D eigenvalue weighted by molar-refractivity contribution is 0.489. The van der Waals surface area contributed by atoms with Crippen LogP contribution in [0.5, 0.6) is 0 Å². The van der Waals surface area contributed by atoms with E-state index >= 15 is 0 Å². The first-order chi connectivity index (χ1) is 7.38. The minimum atomic E-state index is 0.418. The first-order valence-corrected chi connectivity index (χ1v) is 4.60. The van der Waals surface area contributed by atoms with E-state index in [9.17, 15) is 0 Å². The van der Waals surface area contributed by atoms with Crippen molar-refractivity contribution in [3.8, 4) is 0 Å². The zero-order valence-corrected chi connectivity index (χ0v) is 8.36. The molecular weight excluding hydrogens is 196 g/mol. The maximum atomic E-state index is 5.30. The molecule has 2 N–H and O–H groups in total. The molecular formula is C9H12N4O2. The third kappa shape index (κ3) is 2.57. The van der Waals surface area contributed by atoms with Crippen molar-refractivity contribution in [3.63, 3.8) is 0 Å². The summed E-state index contributed by atoms with van der Waals surface area (Å²) in [5, 5.41) is 13.6. The van der Waals surface area contributed by atoms with Gasteiger partial charge in [-0.15, -0.1) is 5.10 Å². The number of hydrogen-bond donors (Lipinski definition) is 2. The summed E-state index contributed by atoms with van der Waals surface area (Å²) in [5.74, 6) is 0.562. The van der Waals surface area contributed by atoms with Crippen molar-refractivity contribution in [1.82, 2.24) is 15.5 Å². The summed E-state index contributed by atoms with van der Waals surface area (Å²) < 4.78 is 10.2. The molecule has 0 radical (unpaired) electrons. The van der Waals surface area contributed by atoms with Crippen LogP contribution in [0.1, 0.15) is 11.5 Å². The van der Waals surface area contributed by atoms with Crippen molar-refractivity contribution in [2.24, 2.45) is 0 Å². The molecule has 0 unspecified atom stereocenters. The second-order valence-corrected chi connectivity index (χ2v) is 3.02. The Morgan fingerprint density at radius 2 is 2.27 bits per heavy atom. The van der Waals surface area contributed by atoms with Crippen molar-refractivity contribution in [1.29, 1.82) is 0 Å². The van der Waals surface area contributed by atoms with Gasteiger partial charge in [-0.1, -0.05) is 5.10 Å². The molecule has 2 heterocycles. The predicted octanol–water partition coefficient (Wildman–Crippen LogP) is 0.994. The van der Waals surface area contributed by atoms with Crippen molar-refractivity contribution < 1.29 is 8.83 Å². The molecule has 0 aliphatic rings. The van der Waals surface area contributed by atoms with E-state index in [1.807, 2.05) is 13.1 Å².